The van der Waals surface area contributed by atoms with Crippen LogP contribution in [0.5, 0.6) is 5.75 Å². The second-order valence-corrected chi connectivity index (χ2v) is 13.9. The van der Waals surface area contributed by atoms with Gasteiger partial charge in [0, 0.05) is 19.1 Å². The van der Waals surface area contributed by atoms with Gasteiger partial charge < -0.3 is 15.4 Å². The van der Waals surface area contributed by atoms with Gasteiger partial charge in [-0.2, -0.15) is 13.2 Å². The van der Waals surface area contributed by atoms with Gasteiger partial charge in [0.2, 0.25) is 0 Å². The number of alkyl halides is 4. The van der Waals surface area contributed by atoms with Gasteiger partial charge in [-0.25, -0.2) is 4.39 Å². The highest BCUT2D eigenvalue weighted by molar-refractivity contribution is 7.64. The maximum absolute atomic E-state index is 15.1. The summed E-state index contributed by atoms with van der Waals surface area (Å²) in [6.07, 6.45) is -3.53. The number of nitrogens with zero attached hydrogens (tertiary/aromatic N) is 1. The molecule has 2 atom stereocenters. The molecule has 40 heavy (non-hydrogen) atoms. The lowest BCUT2D eigenvalue weighted by Gasteiger charge is -2.35. The van der Waals surface area contributed by atoms with E-state index in [9.17, 15) is 13.2 Å². The Kier molecular flexibility index (Phi) is 8.80. The van der Waals surface area contributed by atoms with Crippen molar-refractivity contribution in [3.05, 3.63) is 46.8 Å². The van der Waals surface area contributed by atoms with Gasteiger partial charge in [-0.05, 0) is 67.0 Å². The zero-order chi connectivity index (χ0) is 28.4. The molecule has 1 saturated heterocycles. The highest BCUT2D eigenvalue weighted by atomic mass is 32.1. The average Bonchev–Trinajstić information content (AvgIpc) is 3.71. The molecule has 5 rings (SSSR count). The van der Waals surface area contributed by atoms with Crippen LogP contribution in [0.25, 0.3) is 10.1 Å². The molecule has 2 aliphatic rings. The number of ether oxygens (including phenoxy) is 1. The lowest BCUT2D eigenvalue weighted by Crippen LogP contribution is -2.48. The van der Waals surface area contributed by atoms with Gasteiger partial charge in [0.05, 0.1) is 47.1 Å². The number of nitrogens with one attached hydrogen (secondary N) is 2. The van der Waals surface area contributed by atoms with E-state index in [-0.39, 0.29) is 26.1 Å². The van der Waals surface area contributed by atoms with Crippen LogP contribution in [0.2, 0.25) is 0 Å². The number of fused-ring (bicyclic) bond motifs is 1. The highest BCUT2D eigenvalue weighted by Gasteiger charge is 2.37. The smallest absolute Gasteiger partial charge is 0.393 e. The second-order valence-electron chi connectivity index (χ2n) is 10.6. The summed E-state index contributed by atoms with van der Waals surface area (Å²) in [6.45, 7) is 5.81. The second kappa shape index (κ2) is 12.1. The minimum atomic E-state index is -4.38. The topological polar surface area (TPSA) is 36.5 Å². The third-order valence-corrected chi connectivity index (χ3v) is 9.95. The van der Waals surface area contributed by atoms with Gasteiger partial charge >= 0.3 is 6.18 Å². The molecule has 2 fully saturated rings. The molecule has 10 heteroatoms. The normalized spacial score (nSPS) is 19.9. The molecule has 1 aromatic heterocycles. The molecule has 1 saturated carbocycles. The van der Waals surface area contributed by atoms with E-state index >= 15 is 4.39 Å². The monoisotopic (exact) mass is 591 g/mol. The minimum Gasteiger partial charge on any atom is -0.495 e. The summed E-state index contributed by atoms with van der Waals surface area (Å²) >= 11 is 1.24. The van der Waals surface area contributed by atoms with Crippen LogP contribution >= 0.6 is 19.3 Å². The van der Waals surface area contributed by atoms with Crippen LogP contribution in [0.1, 0.15) is 29.7 Å². The predicted octanol–water partition coefficient (Wildman–Crippen LogP) is 6.83. The summed E-state index contributed by atoms with van der Waals surface area (Å²) in [4.78, 5) is 2.60. The fourth-order valence-electron chi connectivity index (χ4n) is 5.19. The Hall–Kier alpha value is -2.53. The van der Waals surface area contributed by atoms with Crippen LogP contribution in [0.4, 0.5) is 28.9 Å². The largest absolute Gasteiger partial charge is 0.495 e. The number of hydrogen-bond donors (Lipinski definition) is 2. The average molecular weight is 592 g/mol. The molecular formula is C30H34F4N3OPS. The Morgan fingerprint density at radius 2 is 1.93 bits per heavy atom. The molecule has 3 aromatic rings. The van der Waals surface area contributed by atoms with Crippen molar-refractivity contribution in [2.45, 2.75) is 50.1 Å². The molecule has 2 unspecified atom stereocenters. The van der Waals surface area contributed by atoms with E-state index in [1.165, 1.54) is 16.6 Å². The van der Waals surface area contributed by atoms with Crippen molar-refractivity contribution < 1.29 is 22.3 Å². The molecular weight excluding hydrogens is 557 g/mol. The van der Waals surface area contributed by atoms with Crippen molar-refractivity contribution in [1.82, 2.24) is 4.90 Å². The Labute approximate surface area is 238 Å². The molecule has 1 aliphatic heterocycles. The number of methoxy groups -OCH3 is 1. The number of anilines is 2. The van der Waals surface area contributed by atoms with Crippen LogP contribution in [0, 0.1) is 11.8 Å². The van der Waals surface area contributed by atoms with Crippen molar-refractivity contribution >= 4 is 46.0 Å². The zero-order valence-corrected chi connectivity index (χ0v) is 24.6. The number of hydrogen-bond acceptors (Lipinski definition) is 5. The van der Waals surface area contributed by atoms with E-state index in [0.29, 0.717) is 45.4 Å². The van der Waals surface area contributed by atoms with Gasteiger partial charge in [-0.3, -0.25) is 4.90 Å². The maximum Gasteiger partial charge on any atom is 0.393 e. The van der Waals surface area contributed by atoms with E-state index in [2.05, 4.69) is 40.7 Å². The fourth-order valence-corrected chi connectivity index (χ4v) is 7.11. The zero-order valence-electron chi connectivity index (χ0n) is 22.9. The number of halogens is 4. The molecule has 0 spiro atoms. The van der Waals surface area contributed by atoms with Gasteiger partial charge in [-0.1, -0.05) is 38.0 Å². The maximum atomic E-state index is 15.1. The number of thiophene rings is 1. The lowest BCUT2D eigenvalue weighted by molar-refractivity contribution is -0.126. The minimum absolute atomic E-state index is 0.171. The molecule has 2 aromatic carbocycles. The Bertz CT molecular complexity index is 1410. The number of piperidine rings is 1. The fraction of sp³-hybridized carbons (Fsp3) is 0.467. The van der Waals surface area contributed by atoms with Crippen LogP contribution in [-0.4, -0.2) is 69.4 Å². The van der Waals surface area contributed by atoms with Crippen LogP contribution in [0.3, 0.4) is 0 Å². The van der Waals surface area contributed by atoms with Gasteiger partial charge in [-0.15, -0.1) is 11.3 Å². The van der Waals surface area contributed by atoms with Gasteiger partial charge in [0.1, 0.15) is 11.9 Å². The van der Waals surface area contributed by atoms with E-state index in [1.54, 1.807) is 19.2 Å². The van der Waals surface area contributed by atoms with E-state index in [1.807, 2.05) is 24.3 Å². The van der Waals surface area contributed by atoms with Crippen LogP contribution < -0.4 is 20.7 Å². The summed E-state index contributed by atoms with van der Waals surface area (Å²) < 4.78 is 62.1. The number of benzene rings is 2. The number of likely N-dealkylation sites (tertiary alicyclic amines) is 1. The first-order chi connectivity index (χ1) is 19.1. The van der Waals surface area contributed by atoms with E-state index < -0.39 is 18.8 Å². The molecule has 0 radical (unpaired) electrons. The van der Waals surface area contributed by atoms with Crippen molar-refractivity contribution in [2.75, 3.05) is 50.7 Å². The summed E-state index contributed by atoms with van der Waals surface area (Å²) in [7, 11) is 1.34. The summed E-state index contributed by atoms with van der Waals surface area (Å²) in [5.41, 5.74) is 1.62. The third kappa shape index (κ3) is 6.84. The van der Waals surface area contributed by atoms with Gasteiger partial charge in [0.25, 0.3) is 0 Å². The van der Waals surface area contributed by atoms with Crippen molar-refractivity contribution in [3.63, 3.8) is 0 Å². The molecule has 1 aliphatic carbocycles. The van der Waals surface area contributed by atoms with Crippen LogP contribution in [0.15, 0.2) is 36.4 Å². The first-order valence-electron chi connectivity index (χ1n) is 13.5. The lowest BCUT2D eigenvalue weighted by atomic mass is 10.0. The van der Waals surface area contributed by atoms with Crippen molar-refractivity contribution in [1.29, 1.82) is 0 Å². The molecule has 0 amide bonds. The predicted molar refractivity (Wildman–Crippen MR) is 160 cm³/mol. The van der Waals surface area contributed by atoms with Crippen LogP contribution in [-0.2, 0) is 6.42 Å². The third-order valence-electron chi connectivity index (χ3n) is 7.44. The SMILES string of the molecule is COc1cc(P(C)C)ccc1NCC#Cc1sc2c(NC3CCN(C4CC4)CC3F)cccc2c1CC(F)(F)F. The Balaban J connectivity index is 1.37. The molecule has 214 valence electrons. The van der Waals surface area contributed by atoms with Crippen molar-refractivity contribution in [2.24, 2.45) is 0 Å². The summed E-state index contributed by atoms with van der Waals surface area (Å²) in [5.74, 6) is 6.70. The van der Waals surface area contributed by atoms with Gasteiger partial charge in [0.15, 0.2) is 0 Å². The summed E-state index contributed by atoms with van der Waals surface area (Å²) in [5, 5.41) is 8.27. The van der Waals surface area contributed by atoms with Crippen molar-refractivity contribution in [3.8, 4) is 17.6 Å². The molecule has 2 heterocycles. The number of rotatable bonds is 8. The van der Waals surface area contributed by atoms with E-state index in [0.717, 1.165) is 25.1 Å². The first kappa shape index (κ1) is 29.0. The first-order valence-corrected chi connectivity index (χ1v) is 16.5. The standard InChI is InChI=1S/C30H34F4N3OPS/c1-38-27-16-20(39(2)3)11-12-25(27)35-14-5-8-28-22(17-30(32,33)34)21-6-4-7-26(29(21)40-28)36-24-13-15-37(18-23(24)31)19-9-10-19/h4,6-7,11-12,16,19,23-24,35-36H,9-10,13-15,17-18H2,1-3H3. The summed E-state index contributed by atoms with van der Waals surface area (Å²) in [6, 6.07) is 11.4. The highest BCUT2D eigenvalue weighted by Crippen LogP contribution is 2.40. The van der Waals surface area contributed by atoms with E-state index in [4.69, 9.17) is 4.74 Å². The molecule has 2 N–H and O–H groups in total. The molecule has 0 bridgehead atoms. The Morgan fingerprint density at radius 3 is 2.60 bits per heavy atom. The Morgan fingerprint density at radius 1 is 1.12 bits per heavy atom. The quantitative estimate of drug-likeness (QED) is 0.171. The molecule has 4 nitrogen and oxygen atoms in total.